The first-order chi connectivity index (χ1) is 16.0. The summed E-state index contributed by atoms with van der Waals surface area (Å²) in [5.74, 6) is -0.156. The Labute approximate surface area is 206 Å². The van der Waals surface area contributed by atoms with Gasteiger partial charge in [-0.05, 0) is 56.5 Å². The quantitative estimate of drug-likeness (QED) is 0.348. The van der Waals surface area contributed by atoms with Crippen molar-refractivity contribution in [3.8, 4) is 11.3 Å². The van der Waals surface area contributed by atoms with Gasteiger partial charge in [-0.2, -0.15) is 0 Å². The molecule has 0 atom stereocenters. The Hall–Kier alpha value is -3.10. The Morgan fingerprint density at radius 3 is 2.38 bits per heavy atom. The number of nitrogens with zero attached hydrogens (tertiary/aromatic N) is 2. The van der Waals surface area contributed by atoms with E-state index in [0.29, 0.717) is 23.8 Å². The zero-order valence-corrected chi connectivity index (χ0v) is 21.1. The van der Waals surface area contributed by atoms with Crippen LogP contribution in [0.4, 0.5) is 4.79 Å². The normalized spacial score (nSPS) is 11.2. The highest BCUT2D eigenvalue weighted by Crippen LogP contribution is 2.24. The van der Waals surface area contributed by atoms with Gasteiger partial charge in [-0.3, -0.25) is 0 Å². The average molecular weight is 504 g/mol. The summed E-state index contributed by atoms with van der Waals surface area (Å²) in [6.07, 6.45) is 4.61. The first-order valence-electron chi connectivity index (χ1n) is 10.7. The number of pyridine rings is 1. The van der Waals surface area contributed by atoms with Crippen LogP contribution in [0.3, 0.4) is 0 Å². The van der Waals surface area contributed by atoms with Gasteiger partial charge in [0.2, 0.25) is 10.0 Å². The summed E-state index contributed by atoms with van der Waals surface area (Å²) in [7, 11) is -3.55. The molecular weight excluding hydrogens is 474 g/mol. The van der Waals surface area contributed by atoms with Crippen LogP contribution >= 0.6 is 11.6 Å². The Morgan fingerprint density at radius 2 is 1.85 bits per heavy atom. The molecule has 9 heteroatoms. The smallest absolute Gasteiger partial charge is 0.407 e. The van der Waals surface area contributed by atoms with E-state index < -0.39 is 21.7 Å². The molecule has 2 aromatic heterocycles. The summed E-state index contributed by atoms with van der Waals surface area (Å²) < 4.78 is 31.6. The van der Waals surface area contributed by atoms with Gasteiger partial charge in [0.1, 0.15) is 10.8 Å². The third kappa shape index (κ3) is 9.03. The summed E-state index contributed by atoms with van der Waals surface area (Å²) in [5, 5.41) is 3.23. The Kier molecular flexibility index (Phi) is 9.89. The molecule has 1 aromatic carbocycles. The average Bonchev–Trinajstić information content (AvgIpc) is 3.19. The predicted molar refractivity (Wildman–Crippen MR) is 136 cm³/mol. The van der Waals surface area contributed by atoms with Gasteiger partial charge in [-0.25, -0.2) is 22.2 Å². The van der Waals surface area contributed by atoms with Gasteiger partial charge in [0, 0.05) is 18.9 Å². The minimum absolute atomic E-state index is 0.156. The van der Waals surface area contributed by atoms with Crippen molar-refractivity contribution >= 4 is 27.7 Å². The SMILES string of the molecule is C=CCS(=O)(=O)n1cc(CCNC(=O)OC(C)(C)C)cc1-c1ccccc1.Clc1ccccn1. The molecule has 182 valence electrons. The molecule has 7 nitrogen and oxygen atoms in total. The van der Waals surface area contributed by atoms with Crippen molar-refractivity contribution < 1.29 is 17.9 Å². The zero-order chi connectivity index (χ0) is 25.2. The number of carbonyl (C=O) groups is 1. The molecule has 0 bridgehead atoms. The second kappa shape index (κ2) is 12.4. The molecule has 0 saturated carbocycles. The summed E-state index contributed by atoms with van der Waals surface area (Å²) in [6, 6.07) is 16.5. The van der Waals surface area contributed by atoms with E-state index in [1.165, 1.54) is 10.0 Å². The summed E-state index contributed by atoms with van der Waals surface area (Å²) in [4.78, 5) is 15.5. The van der Waals surface area contributed by atoms with Gasteiger partial charge in [0.15, 0.2) is 0 Å². The van der Waals surface area contributed by atoms with Crippen molar-refractivity contribution in [2.45, 2.75) is 32.8 Å². The van der Waals surface area contributed by atoms with Crippen molar-refractivity contribution in [3.05, 3.63) is 90.4 Å². The van der Waals surface area contributed by atoms with Crippen molar-refractivity contribution in [2.24, 2.45) is 0 Å². The van der Waals surface area contributed by atoms with Gasteiger partial charge < -0.3 is 10.1 Å². The molecule has 1 amide bonds. The molecule has 0 radical (unpaired) electrons. The molecule has 0 unspecified atom stereocenters. The first-order valence-corrected chi connectivity index (χ1v) is 12.6. The van der Waals surface area contributed by atoms with Gasteiger partial charge in [0.25, 0.3) is 0 Å². The number of ether oxygens (including phenoxy) is 1. The van der Waals surface area contributed by atoms with Crippen LogP contribution in [0.2, 0.25) is 5.15 Å². The first kappa shape index (κ1) is 27.1. The molecular formula is C25H30ClN3O4S. The third-order valence-electron chi connectivity index (χ3n) is 4.25. The van der Waals surface area contributed by atoms with Crippen molar-refractivity contribution in [1.82, 2.24) is 14.3 Å². The molecule has 2 heterocycles. The number of amides is 1. The Morgan fingerprint density at radius 1 is 1.18 bits per heavy atom. The van der Waals surface area contributed by atoms with Crippen LogP contribution in [0.15, 0.2) is 79.6 Å². The molecule has 34 heavy (non-hydrogen) atoms. The fourth-order valence-corrected chi connectivity index (χ4v) is 4.22. The minimum atomic E-state index is -3.55. The molecule has 0 spiro atoms. The lowest BCUT2D eigenvalue weighted by atomic mass is 10.1. The molecule has 0 aliphatic rings. The van der Waals surface area contributed by atoms with Crippen molar-refractivity contribution in [1.29, 1.82) is 0 Å². The van der Waals surface area contributed by atoms with Crippen LogP contribution in [-0.2, 0) is 21.2 Å². The maximum atomic E-state index is 12.6. The number of rotatable bonds is 7. The highest BCUT2D eigenvalue weighted by Gasteiger charge is 2.19. The van der Waals surface area contributed by atoms with E-state index in [-0.39, 0.29) is 5.75 Å². The molecule has 0 aliphatic carbocycles. The van der Waals surface area contributed by atoms with Crippen LogP contribution < -0.4 is 5.32 Å². The largest absolute Gasteiger partial charge is 0.444 e. The number of benzene rings is 1. The number of carbonyl (C=O) groups excluding carboxylic acids is 1. The van der Waals surface area contributed by atoms with Gasteiger partial charge >= 0.3 is 6.09 Å². The topological polar surface area (TPSA) is 90.3 Å². The van der Waals surface area contributed by atoms with E-state index in [2.05, 4.69) is 16.9 Å². The van der Waals surface area contributed by atoms with Crippen LogP contribution in [0.1, 0.15) is 26.3 Å². The second-order valence-corrected chi connectivity index (χ2v) is 10.6. The van der Waals surface area contributed by atoms with Crippen molar-refractivity contribution in [3.63, 3.8) is 0 Å². The second-order valence-electron chi connectivity index (χ2n) is 8.29. The van der Waals surface area contributed by atoms with Crippen molar-refractivity contribution in [2.75, 3.05) is 12.3 Å². The van der Waals surface area contributed by atoms with E-state index in [0.717, 1.165) is 11.1 Å². The minimum Gasteiger partial charge on any atom is -0.444 e. The molecule has 3 aromatic rings. The fraction of sp³-hybridized carbons (Fsp3) is 0.280. The maximum absolute atomic E-state index is 12.6. The predicted octanol–water partition coefficient (Wildman–Crippen LogP) is 5.32. The number of alkyl carbamates (subject to hydrolysis) is 1. The molecule has 3 rings (SSSR count). The standard InChI is InChI=1S/C20H26N2O4S.C5H4ClN/c1-5-13-27(24,25)22-15-16(11-12-21-19(23)26-20(2,3)4)14-18(22)17-9-7-6-8-10-17;6-5-3-1-2-4-7-5/h5-10,14-15H,1,11-13H2,2-4H3,(H,21,23);1-4H. The lowest BCUT2D eigenvalue weighted by Gasteiger charge is -2.19. The number of aromatic nitrogens is 2. The van der Waals surface area contributed by atoms with Crippen LogP contribution in [-0.4, -0.2) is 41.4 Å². The van der Waals surface area contributed by atoms with Crippen LogP contribution in [0.25, 0.3) is 11.3 Å². The highest BCUT2D eigenvalue weighted by atomic mass is 35.5. The van der Waals surface area contributed by atoms with E-state index in [4.69, 9.17) is 16.3 Å². The monoisotopic (exact) mass is 503 g/mol. The Bertz CT molecular complexity index is 1170. The number of hydrogen-bond acceptors (Lipinski definition) is 5. The van der Waals surface area contributed by atoms with E-state index in [1.807, 2.05) is 48.5 Å². The molecule has 0 saturated heterocycles. The maximum Gasteiger partial charge on any atom is 0.407 e. The van der Waals surface area contributed by atoms with E-state index >= 15 is 0 Å². The summed E-state index contributed by atoms with van der Waals surface area (Å²) >= 11 is 5.43. The number of hydrogen-bond donors (Lipinski definition) is 1. The van der Waals surface area contributed by atoms with Gasteiger partial charge in [-0.1, -0.05) is 54.1 Å². The lowest BCUT2D eigenvalue weighted by Crippen LogP contribution is -2.33. The highest BCUT2D eigenvalue weighted by molar-refractivity contribution is 7.90. The van der Waals surface area contributed by atoms with Gasteiger partial charge in [-0.15, -0.1) is 6.58 Å². The van der Waals surface area contributed by atoms with Gasteiger partial charge in [0.05, 0.1) is 11.4 Å². The van der Waals surface area contributed by atoms with Crippen LogP contribution in [0.5, 0.6) is 0 Å². The molecule has 1 N–H and O–H groups in total. The molecule has 0 fully saturated rings. The lowest BCUT2D eigenvalue weighted by molar-refractivity contribution is 0.0528. The Balaban J connectivity index is 0.000000497. The molecule has 0 aliphatic heterocycles. The van der Waals surface area contributed by atoms with E-state index in [9.17, 15) is 13.2 Å². The summed E-state index contributed by atoms with van der Waals surface area (Å²) in [5.41, 5.74) is 1.63. The fourth-order valence-electron chi connectivity index (χ4n) is 2.88. The third-order valence-corrected chi connectivity index (χ3v) is 6.03. The van der Waals surface area contributed by atoms with E-state index in [1.54, 1.807) is 39.2 Å². The number of halogens is 1. The number of nitrogens with one attached hydrogen (secondary N) is 1. The summed E-state index contributed by atoms with van der Waals surface area (Å²) in [6.45, 7) is 9.25. The zero-order valence-electron chi connectivity index (χ0n) is 19.6. The van der Waals surface area contributed by atoms with Crippen LogP contribution in [0, 0.1) is 0 Å².